The van der Waals surface area contributed by atoms with Gasteiger partial charge in [0, 0.05) is 0 Å². The minimum atomic E-state index is 0.489. The van der Waals surface area contributed by atoms with Gasteiger partial charge in [0.2, 0.25) is 5.89 Å². The van der Waals surface area contributed by atoms with Crippen molar-refractivity contribution in [1.82, 2.24) is 19.7 Å². The molecule has 2 aromatic heterocycles. The lowest BCUT2D eigenvalue weighted by molar-refractivity contribution is 0.368. The normalized spacial score (nSPS) is 11.2. The van der Waals surface area contributed by atoms with E-state index < -0.39 is 0 Å². The van der Waals surface area contributed by atoms with Crippen LogP contribution in [0.25, 0.3) is 11.0 Å². The van der Waals surface area contributed by atoms with Crippen molar-refractivity contribution in [3.05, 3.63) is 40.2 Å². The minimum absolute atomic E-state index is 0.489. The Balaban J connectivity index is 2.11. The van der Waals surface area contributed by atoms with Crippen LogP contribution in [0.4, 0.5) is 0 Å². The third kappa shape index (κ3) is 1.84. The molecule has 0 saturated heterocycles. The number of rotatable bonds is 2. The third-order valence-corrected chi connectivity index (χ3v) is 3.12. The summed E-state index contributed by atoms with van der Waals surface area (Å²) in [6.45, 7) is 4.34. The fraction of sp³-hybridized carbons (Fsp3) is 0.250. The van der Waals surface area contributed by atoms with Crippen LogP contribution in [0.1, 0.15) is 17.3 Å². The first-order chi connectivity index (χ1) is 8.63. The van der Waals surface area contributed by atoms with Gasteiger partial charge >= 0.3 is 0 Å². The summed E-state index contributed by atoms with van der Waals surface area (Å²) in [5.74, 6) is 1.19. The van der Waals surface area contributed by atoms with Crippen LogP contribution < -0.4 is 0 Å². The van der Waals surface area contributed by atoms with Gasteiger partial charge in [-0.1, -0.05) is 11.2 Å². The highest BCUT2D eigenvalue weighted by molar-refractivity contribution is 7.71. The second kappa shape index (κ2) is 4.06. The van der Waals surface area contributed by atoms with Crippen molar-refractivity contribution in [2.75, 3.05) is 0 Å². The lowest BCUT2D eigenvalue weighted by atomic mass is 10.2. The number of imidazole rings is 1. The van der Waals surface area contributed by atoms with Crippen LogP contribution in [0.15, 0.2) is 22.7 Å². The molecule has 0 bridgehead atoms. The van der Waals surface area contributed by atoms with Crippen molar-refractivity contribution in [3.8, 4) is 0 Å². The summed E-state index contributed by atoms with van der Waals surface area (Å²) in [4.78, 5) is 7.38. The van der Waals surface area contributed by atoms with E-state index in [2.05, 4.69) is 34.2 Å². The number of nitrogens with one attached hydrogen (secondary N) is 1. The van der Waals surface area contributed by atoms with Gasteiger partial charge in [-0.05, 0) is 43.8 Å². The molecule has 3 rings (SSSR count). The van der Waals surface area contributed by atoms with Gasteiger partial charge in [-0.15, -0.1) is 0 Å². The summed E-state index contributed by atoms with van der Waals surface area (Å²) >= 11 is 5.32. The molecular formula is C12H12N4OS. The zero-order valence-electron chi connectivity index (χ0n) is 10.1. The number of nitrogens with zero attached hydrogens (tertiary/aromatic N) is 3. The first-order valence-electron chi connectivity index (χ1n) is 5.62. The SMILES string of the molecule is Cc1ccc2c(c1)[nH]c(=S)n2Cc1nc(C)no1. The first kappa shape index (κ1) is 11.2. The Morgan fingerprint density at radius 1 is 1.39 bits per heavy atom. The molecule has 0 unspecified atom stereocenters. The molecule has 0 radical (unpaired) electrons. The van der Waals surface area contributed by atoms with E-state index in [4.69, 9.17) is 16.7 Å². The molecule has 92 valence electrons. The largest absolute Gasteiger partial charge is 0.337 e. The predicted octanol–water partition coefficient (Wildman–Crippen LogP) is 2.75. The van der Waals surface area contributed by atoms with Crippen molar-refractivity contribution >= 4 is 23.3 Å². The van der Waals surface area contributed by atoms with Crippen molar-refractivity contribution in [2.24, 2.45) is 0 Å². The lowest BCUT2D eigenvalue weighted by Crippen LogP contribution is -1.99. The maximum Gasteiger partial charge on any atom is 0.246 e. The molecule has 1 aromatic carbocycles. The predicted molar refractivity (Wildman–Crippen MR) is 70.0 cm³/mol. The quantitative estimate of drug-likeness (QED) is 0.720. The third-order valence-electron chi connectivity index (χ3n) is 2.79. The molecule has 0 saturated carbocycles. The molecule has 2 heterocycles. The molecule has 0 amide bonds. The summed E-state index contributed by atoms with van der Waals surface area (Å²) in [6, 6.07) is 6.17. The number of benzene rings is 1. The summed E-state index contributed by atoms with van der Waals surface area (Å²) in [6.07, 6.45) is 0. The van der Waals surface area contributed by atoms with Gasteiger partial charge in [0.05, 0.1) is 11.0 Å². The monoisotopic (exact) mass is 260 g/mol. The maximum atomic E-state index is 5.32. The molecular weight excluding hydrogens is 248 g/mol. The van der Waals surface area contributed by atoms with Crippen molar-refractivity contribution in [1.29, 1.82) is 0 Å². The van der Waals surface area contributed by atoms with Gasteiger partial charge < -0.3 is 14.1 Å². The average molecular weight is 260 g/mol. The average Bonchev–Trinajstić information content (AvgIpc) is 2.84. The molecule has 6 heteroatoms. The highest BCUT2D eigenvalue weighted by atomic mass is 32.1. The molecule has 5 nitrogen and oxygen atoms in total. The van der Waals surface area contributed by atoms with Gasteiger partial charge in [0.25, 0.3) is 0 Å². The molecule has 0 fully saturated rings. The number of hydrogen-bond acceptors (Lipinski definition) is 4. The molecule has 18 heavy (non-hydrogen) atoms. The zero-order chi connectivity index (χ0) is 12.7. The Bertz CT molecular complexity index is 768. The van der Waals surface area contributed by atoms with E-state index in [9.17, 15) is 0 Å². The molecule has 0 aliphatic carbocycles. The van der Waals surface area contributed by atoms with E-state index in [1.165, 1.54) is 5.56 Å². The van der Waals surface area contributed by atoms with E-state index >= 15 is 0 Å². The summed E-state index contributed by atoms with van der Waals surface area (Å²) in [7, 11) is 0. The van der Waals surface area contributed by atoms with Crippen LogP contribution in [-0.4, -0.2) is 19.7 Å². The van der Waals surface area contributed by atoms with E-state index in [0.29, 0.717) is 23.0 Å². The standard InChI is InChI=1S/C12H12N4OS/c1-7-3-4-10-9(5-7)14-12(18)16(10)6-11-13-8(2)15-17-11/h3-5H,6H2,1-2H3,(H,14,18). The smallest absolute Gasteiger partial charge is 0.246 e. The number of aromatic nitrogens is 4. The minimum Gasteiger partial charge on any atom is -0.337 e. The second-order valence-corrected chi connectivity index (χ2v) is 4.66. The van der Waals surface area contributed by atoms with Crippen LogP contribution in [0.2, 0.25) is 0 Å². The van der Waals surface area contributed by atoms with Gasteiger partial charge in [-0.2, -0.15) is 4.98 Å². The van der Waals surface area contributed by atoms with Crippen LogP contribution in [0, 0.1) is 18.6 Å². The number of H-pyrrole nitrogens is 1. The molecule has 0 spiro atoms. The maximum absolute atomic E-state index is 5.32. The summed E-state index contributed by atoms with van der Waals surface area (Å²) < 4.78 is 7.74. The number of aryl methyl sites for hydroxylation is 2. The Morgan fingerprint density at radius 2 is 2.22 bits per heavy atom. The van der Waals surface area contributed by atoms with Crippen molar-refractivity contribution in [3.63, 3.8) is 0 Å². The van der Waals surface area contributed by atoms with Crippen LogP contribution in [0.5, 0.6) is 0 Å². The van der Waals surface area contributed by atoms with Crippen LogP contribution in [-0.2, 0) is 6.54 Å². The second-order valence-electron chi connectivity index (χ2n) is 4.27. The van der Waals surface area contributed by atoms with Gasteiger partial charge in [-0.3, -0.25) is 0 Å². The molecule has 3 aromatic rings. The zero-order valence-corrected chi connectivity index (χ0v) is 10.9. The Morgan fingerprint density at radius 3 is 2.94 bits per heavy atom. The fourth-order valence-corrected chi connectivity index (χ4v) is 2.25. The Kier molecular flexibility index (Phi) is 2.52. The van der Waals surface area contributed by atoms with E-state index in [0.717, 1.165) is 11.0 Å². The highest BCUT2D eigenvalue weighted by Crippen LogP contribution is 2.17. The topological polar surface area (TPSA) is 59.6 Å². The Labute approximate surface area is 108 Å². The van der Waals surface area contributed by atoms with E-state index in [1.54, 1.807) is 6.92 Å². The van der Waals surface area contributed by atoms with Gasteiger partial charge in [-0.25, -0.2) is 0 Å². The number of fused-ring (bicyclic) bond motifs is 1. The first-order valence-corrected chi connectivity index (χ1v) is 6.02. The number of aromatic amines is 1. The van der Waals surface area contributed by atoms with Crippen molar-refractivity contribution in [2.45, 2.75) is 20.4 Å². The van der Waals surface area contributed by atoms with E-state index in [-0.39, 0.29) is 0 Å². The lowest BCUT2D eigenvalue weighted by Gasteiger charge is -2.00. The summed E-state index contributed by atoms with van der Waals surface area (Å²) in [5, 5.41) is 3.78. The summed E-state index contributed by atoms with van der Waals surface area (Å²) in [5.41, 5.74) is 3.26. The van der Waals surface area contributed by atoms with E-state index in [1.807, 2.05) is 10.6 Å². The van der Waals surface area contributed by atoms with Crippen LogP contribution in [0.3, 0.4) is 0 Å². The van der Waals surface area contributed by atoms with Crippen LogP contribution >= 0.6 is 12.2 Å². The molecule has 1 N–H and O–H groups in total. The molecule has 0 aliphatic heterocycles. The van der Waals surface area contributed by atoms with Crippen molar-refractivity contribution < 1.29 is 4.52 Å². The molecule has 0 aliphatic rings. The fourth-order valence-electron chi connectivity index (χ4n) is 1.97. The highest BCUT2D eigenvalue weighted by Gasteiger charge is 2.09. The Hall–Kier alpha value is -1.95. The molecule has 0 atom stereocenters. The van der Waals surface area contributed by atoms with Gasteiger partial charge in [0.1, 0.15) is 6.54 Å². The number of hydrogen-bond donors (Lipinski definition) is 1. The van der Waals surface area contributed by atoms with Gasteiger partial charge in [0.15, 0.2) is 10.6 Å².